The van der Waals surface area contributed by atoms with Gasteiger partial charge in [-0.3, -0.25) is 9.59 Å². The normalized spacial score (nSPS) is 11.3. The van der Waals surface area contributed by atoms with Crippen LogP contribution < -0.4 is 20.2 Å². The summed E-state index contributed by atoms with van der Waals surface area (Å²) in [5.41, 5.74) is 0.757. The Bertz CT molecular complexity index is 1430. The molecule has 1 heterocycles. The highest BCUT2D eigenvalue weighted by atomic mass is 19.4. The Morgan fingerprint density at radius 3 is 2.29 bits per heavy atom. The van der Waals surface area contributed by atoms with Crippen molar-refractivity contribution in [2.24, 2.45) is 0 Å². The lowest BCUT2D eigenvalue weighted by atomic mass is 10.1. The highest BCUT2D eigenvalue weighted by Crippen LogP contribution is 2.39. The number of aryl methyl sites for hydroxylation is 2. The minimum absolute atomic E-state index is 0.0555. The molecule has 0 radical (unpaired) electrons. The SMILES string of the molecule is Cc1cc(C)cc(Oc2c(C(F)(F)F)oc3cc(OCC(=O)Nc4ccccc4)ccc3c2=O)c1. The molecule has 1 N–H and O–H groups in total. The van der Waals surface area contributed by atoms with Crippen molar-refractivity contribution >= 4 is 22.6 Å². The molecule has 0 atom stereocenters. The van der Waals surface area contributed by atoms with Gasteiger partial charge in [0.05, 0.1) is 5.39 Å². The molecule has 0 aliphatic heterocycles. The molecule has 9 heteroatoms. The van der Waals surface area contributed by atoms with Crippen LogP contribution in [0.2, 0.25) is 0 Å². The number of carbonyl (C=O) groups is 1. The van der Waals surface area contributed by atoms with E-state index in [1.165, 1.54) is 24.3 Å². The summed E-state index contributed by atoms with van der Waals surface area (Å²) >= 11 is 0. The quantitative estimate of drug-likeness (QED) is 0.351. The zero-order valence-corrected chi connectivity index (χ0v) is 18.7. The van der Waals surface area contributed by atoms with Crippen molar-refractivity contribution in [3.05, 3.63) is 93.8 Å². The van der Waals surface area contributed by atoms with Gasteiger partial charge in [-0.2, -0.15) is 13.2 Å². The first kappa shape index (κ1) is 23.9. The number of hydrogen-bond acceptors (Lipinski definition) is 5. The van der Waals surface area contributed by atoms with Gasteiger partial charge in [0.25, 0.3) is 11.7 Å². The molecule has 180 valence electrons. The Kier molecular flexibility index (Phi) is 6.50. The van der Waals surface area contributed by atoms with Crippen LogP contribution in [0.4, 0.5) is 18.9 Å². The number of fused-ring (bicyclic) bond motifs is 1. The summed E-state index contributed by atoms with van der Waals surface area (Å²) < 4.78 is 57.2. The fourth-order valence-electron chi connectivity index (χ4n) is 3.50. The van der Waals surface area contributed by atoms with Crippen LogP contribution in [-0.4, -0.2) is 12.5 Å². The summed E-state index contributed by atoms with van der Waals surface area (Å²) in [5, 5.41) is 2.50. The number of alkyl halides is 3. The highest BCUT2D eigenvalue weighted by molar-refractivity contribution is 5.91. The average molecular weight is 483 g/mol. The average Bonchev–Trinajstić information content (AvgIpc) is 2.78. The van der Waals surface area contributed by atoms with E-state index in [2.05, 4.69) is 5.32 Å². The molecule has 0 aliphatic rings. The number of halogens is 3. The van der Waals surface area contributed by atoms with E-state index in [-0.39, 0.29) is 22.5 Å². The second-order valence-corrected chi connectivity index (χ2v) is 7.87. The molecule has 35 heavy (non-hydrogen) atoms. The van der Waals surface area contributed by atoms with E-state index in [0.29, 0.717) is 5.69 Å². The Balaban J connectivity index is 1.64. The molecule has 3 aromatic carbocycles. The molecule has 0 unspecified atom stereocenters. The first-order chi connectivity index (χ1) is 16.6. The second kappa shape index (κ2) is 9.54. The van der Waals surface area contributed by atoms with Crippen molar-refractivity contribution in [2.45, 2.75) is 20.0 Å². The van der Waals surface area contributed by atoms with Gasteiger partial charge in [0, 0.05) is 11.8 Å². The van der Waals surface area contributed by atoms with Gasteiger partial charge in [0.1, 0.15) is 17.1 Å². The molecule has 0 bridgehead atoms. The molecule has 4 aromatic rings. The number of amides is 1. The molecule has 0 spiro atoms. The van der Waals surface area contributed by atoms with Crippen LogP contribution in [-0.2, 0) is 11.0 Å². The third-order valence-electron chi connectivity index (χ3n) is 4.92. The van der Waals surface area contributed by atoms with Crippen molar-refractivity contribution in [3.63, 3.8) is 0 Å². The second-order valence-electron chi connectivity index (χ2n) is 7.87. The van der Waals surface area contributed by atoms with Crippen molar-refractivity contribution in [1.29, 1.82) is 0 Å². The maximum atomic E-state index is 13.8. The van der Waals surface area contributed by atoms with Crippen LogP contribution in [0.5, 0.6) is 17.2 Å². The third-order valence-corrected chi connectivity index (χ3v) is 4.92. The van der Waals surface area contributed by atoms with Gasteiger partial charge in [-0.15, -0.1) is 0 Å². The summed E-state index contributed by atoms with van der Waals surface area (Å²) in [5.74, 6) is -2.84. The fourth-order valence-corrected chi connectivity index (χ4v) is 3.50. The Morgan fingerprint density at radius 1 is 0.943 bits per heavy atom. The van der Waals surface area contributed by atoms with E-state index in [9.17, 15) is 22.8 Å². The summed E-state index contributed by atoms with van der Waals surface area (Å²) in [6.07, 6.45) is -4.99. The van der Waals surface area contributed by atoms with Gasteiger partial charge in [0.15, 0.2) is 6.61 Å². The lowest BCUT2D eigenvalue weighted by Gasteiger charge is -2.14. The molecular formula is C26H20F3NO5. The van der Waals surface area contributed by atoms with Crippen LogP contribution in [0.25, 0.3) is 11.0 Å². The Morgan fingerprint density at radius 2 is 1.63 bits per heavy atom. The summed E-state index contributed by atoms with van der Waals surface area (Å²) in [7, 11) is 0. The minimum atomic E-state index is -4.99. The van der Waals surface area contributed by atoms with E-state index in [4.69, 9.17) is 13.9 Å². The van der Waals surface area contributed by atoms with Crippen molar-refractivity contribution in [3.8, 4) is 17.2 Å². The first-order valence-electron chi connectivity index (χ1n) is 10.5. The lowest BCUT2D eigenvalue weighted by molar-refractivity contribution is -0.154. The van der Waals surface area contributed by atoms with Gasteiger partial charge >= 0.3 is 6.18 Å². The number of nitrogens with one attached hydrogen (secondary N) is 1. The summed E-state index contributed by atoms with van der Waals surface area (Å²) in [6.45, 7) is 3.12. The predicted molar refractivity (Wildman–Crippen MR) is 124 cm³/mol. The standard InChI is InChI=1S/C26H20F3NO5/c1-15-10-16(2)12-19(11-15)34-24-23(32)20-9-8-18(13-21(20)35-25(24)26(27,28)29)33-14-22(31)30-17-6-4-3-5-7-17/h3-13H,14H2,1-2H3,(H,30,31). The fraction of sp³-hybridized carbons (Fsp3) is 0.154. The van der Waals surface area contributed by atoms with Crippen LogP contribution >= 0.6 is 0 Å². The van der Waals surface area contributed by atoms with E-state index in [1.807, 2.05) is 6.07 Å². The molecular weight excluding hydrogens is 463 g/mol. The maximum absolute atomic E-state index is 13.8. The number of rotatable bonds is 6. The minimum Gasteiger partial charge on any atom is -0.484 e. The van der Waals surface area contributed by atoms with Gasteiger partial charge in [-0.05, 0) is 61.4 Å². The molecule has 0 saturated carbocycles. The van der Waals surface area contributed by atoms with Crippen LogP contribution in [0, 0.1) is 13.8 Å². The van der Waals surface area contributed by atoms with Crippen LogP contribution in [0.3, 0.4) is 0 Å². The van der Waals surface area contributed by atoms with Crippen LogP contribution in [0.1, 0.15) is 16.9 Å². The van der Waals surface area contributed by atoms with Gasteiger partial charge in [-0.25, -0.2) is 0 Å². The van der Waals surface area contributed by atoms with Gasteiger partial charge in [0.2, 0.25) is 11.2 Å². The van der Waals surface area contributed by atoms with E-state index in [1.54, 1.807) is 44.2 Å². The topological polar surface area (TPSA) is 77.8 Å². The summed E-state index contributed by atoms with van der Waals surface area (Å²) in [4.78, 5) is 25.0. The number of carbonyl (C=O) groups excluding carboxylic acids is 1. The first-order valence-corrected chi connectivity index (χ1v) is 10.5. The number of benzene rings is 3. The maximum Gasteiger partial charge on any atom is 0.453 e. The van der Waals surface area contributed by atoms with E-state index in [0.717, 1.165) is 17.2 Å². The summed E-state index contributed by atoms with van der Waals surface area (Å²) in [6, 6.07) is 17.3. The van der Waals surface area contributed by atoms with Crippen molar-refractivity contribution < 1.29 is 31.9 Å². The number of anilines is 1. The van der Waals surface area contributed by atoms with Crippen molar-refractivity contribution in [1.82, 2.24) is 0 Å². The van der Waals surface area contributed by atoms with E-state index < -0.39 is 35.6 Å². The van der Waals surface area contributed by atoms with Gasteiger partial charge < -0.3 is 19.2 Å². The smallest absolute Gasteiger partial charge is 0.453 e. The lowest BCUT2D eigenvalue weighted by Crippen LogP contribution is -2.20. The van der Waals surface area contributed by atoms with Crippen molar-refractivity contribution in [2.75, 3.05) is 11.9 Å². The third kappa shape index (κ3) is 5.63. The molecule has 0 aliphatic carbocycles. The largest absolute Gasteiger partial charge is 0.484 e. The zero-order chi connectivity index (χ0) is 25.2. The molecule has 0 fully saturated rings. The molecule has 0 saturated heterocycles. The molecule has 4 rings (SSSR count). The zero-order valence-electron chi connectivity index (χ0n) is 18.7. The number of hydrogen-bond donors (Lipinski definition) is 1. The molecule has 6 nitrogen and oxygen atoms in total. The Labute approximate surface area is 197 Å². The molecule has 1 aromatic heterocycles. The molecule has 1 amide bonds. The monoisotopic (exact) mass is 483 g/mol. The van der Waals surface area contributed by atoms with Crippen LogP contribution in [0.15, 0.2) is 75.9 Å². The predicted octanol–water partition coefficient (Wildman–Crippen LogP) is 6.24. The Hall–Kier alpha value is -4.27. The highest BCUT2D eigenvalue weighted by Gasteiger charge is 2.40. The van der Waals surface area contributed by atoms with E-state index >= 15 is 0 Å². The number of ether oxygens (including phenoxy) is 2. The van der Waals surface area contributed by atoms with Gasteiger partial charge in [-0.1, -0.05) is 24.3 Å². The number of para-hydroxylation sites is 1.